The van der Waals surface area contributed by atoms with Crippen molar-refractivity contribution in [3.05, 3.63) is 33.1 Å². The van der Waals surface area contributed by atoms with Crippen LogP contribution in [-0.4, -0.2) is 15.1 Å². The number of hydrogen-bond acceptors (Lipinski definition) is 4. The minimum Gasteiger partial charge on any atom is -0.443 e. The van der Waals surface area contributed by atoms with E-state index in [9.17, 15) is 14.4 Å². The summed E-state index contributed by atoms with van der Waals surface area (Å²) in [6.45, 7) is 6.99. The quantitative estimate of drug-likeness (QED) is 0.740. The van der Waals surface area contributed by atoms with Crippen LogP contribution >= 0.6 is 0 Å². The van der Waals surface area contributed by atoms with Gasteiger partial charge in [0.2, 0.25) is 0 Å². The summed E-state index contributed by atoms with van der Waals surface area (Å²) in [6, 6.07) is 1.27. The average Bonchev–Trinajstić information content (AvgIpc) is 2.27. The van der Waals surface area contributed by atoms with Crippen molar-refractivity contribution in [2.45, 2.75) is 41.0 Å². The monoisotopic (exact) mass is 254 g/mol. The fourth-order valence-corrected chi connectivity index (χ4v) is 1.26. The smallest absolute Gasteiger partial charge is 0.333 e. The minimum absolute atomic E-state index is 0.353. The SMILES string of the molecule is CCn1ccc(=O)n(COC(=O)C(C)(C)C)c1=O. The van der Waals surface area contributed by atoms with Crippen LogP contribution in [0.5, 0.6) is 0 Å². The molecule has 6 heteroatoms. The number of carbonyl (C=O) groups is 1. The first-order valence-electron chi connectivity index (χ1n) is 5.75. The Morgan fingerprint density at radius 2 is 1.94 bits per heavy atom. The number of aryl methyl sites for hydroxylation is 1. The molecule has 0 aliphatic rings. The largest absolute Gasteiger partial charge is 0.443 e. The standard InChI is InChI=1S/C12H18N2O4/c1-5-13-7-6-9(15)14(11(13)17)8-18-10(16)12(2,3)4/h6-7H,5,8H2,1-4H3. The van der Waals surface area contributed by atoms with E-state index in [1.165, 1.54) is 16.8 Å². The summed E-state index contributed by atoms with van der Waals surface area (Å²) in [5.41, 5.74) is -1.62. The maximum absolute atomic E-state index is 11.8. The molecule has 0 fully saturated rings. The van der Waals surface area contributed by atoms with E-state index in [1.54, 1.807) is 27.7 Å². The highest BCUT2D eigenvalue weighted by Crippen LogP contribution is 2.14. The molecule has 18 heavy (non-hydrogen) atoms. The van der Waals surface area contributed by atoms with Gasteiger partial charge in [-0.15, -0.1) is 0 Å². The molecule has 0 radical (unpaired) electrons. The van der Waals surface area contributed by atoms with Crippen molar-refractivity contribution in [1.82, 2.24) is 9.13 Å². The molecule has 0 spiro atoms. The summed E-state index contributed by atoms with van der Waals surface area (Å²) in [4.78, 5) is 34.9. The molecule has 0 saturated carbocycles. The molecule has 1 aromatic heterocycles. The number of nitrogens with zero attached hydrogens (tertiary/aromatic N) is 2. The maximum Gasteiger partial charge on any atom is 0.333 e. The third-order valence-corrected chi connectivity index (χ3v) is 2.42. The fraction of sp³-hybridized carbons (Fsp3) is 0.583. The molecule has 1 heterocycles. The van der Waals surface area contributed by atoms with Gasteiger partial charge in [0.15, 0.2) is 6.73 Å². The lowest BCUT2D eigenvalue weighted by atomic mass is 9.98. The van der Waals surface area contributed by atoms with Crippen molar-refractivity contribution in [1.29, 1.82) is 0 Å². The molecule has 0 bridgehead atoms. The number of esters is 1. The van der Waals surface area contributed by atoms with E-state index < -0.39 is 22.6 Å². The number of aromatic nitrogens is 2. The lowest BCUT2D eigenvalue weighted by Crippen LogP contribution is -2.40. The van der Waals surface area contributed by atoms with Gasteiger partial charge in [-0.25, -0.2) is 9.36 Å². The average molecular weight is 254 g/mol. The maximum atomic E-state index is 11.8. The van der Waals surface area contributed by atoms with Crippen molar-refractivity contribution in [2.24, 2.45) is 5.41 Å². The van der Waals surface area contributed by atoms with Crippen LogP contribution in [0.25, 0.3) is 0 Å². The third kappa shape index (κ3) is 3.09. The van der Waals surface area contributed by atoms with E-state index in [0.29, 0.717) is 6.54 Å². The predicted molar refractivity (Wildman–Crippen MR) is 66.2 cm³/mol. The molecule has 1 aromatic rings. The summed E-state index contributed by atoms with van der Waals surface area (Å²) >= 11 is 0. The van der Waals surface area contributed by atoms with Crippen LogP contribution < -0.4 is 11.2 Å². The number of carbonyl (C=O) groups excluding carboxylic acids is 1. The van der Waals surface area contributed by atoms with Crippen molar-refractivity contribution in [3.63, 3.8) is 0 Å². The zero-order chi connectivity index (χ0) is 13.9. The van der Waals surface area contributed by atoms with Gasteiger partial charge in [0, 0.05) is 18.8 Å². The fourth-order valence-electron chi connectivity index (χ4n) is 1.26. The van der Waals surface area contributed by atoms with E-state index in [-0.39, 0.29) is 6.73 Å². The molecule has 0 aliphatic carbocycles. The van der Waals surface area contributed by atoms with Gasteiger partial charge in [0.25, 0.3) is 5.56 Å². The molecule has 0 amide bonds. The first-order valence-corrected chi connectivity index (χ1v) is 5.75. The van der Waals surface area contributed by atoms with Crippen LogP contribution in [-0.2, 0) is 22.8 Å². The Labute approximate surface area is 105 Å². The molecule has 0 N–H and O–H groups in total. The molecule has 0 unspecified atom stereocenters. The lowest BCUT2D eigenvalue weighted by molar-refractivity contribution is -0.157. The Bertz CT molecular complexity index is 548. The van der Waals surface area contributed by atoms with E-state index in [4.69, 9.17) is 4.74 Å². The van der Waals surface area contributed by atoms with Crippen molar-refractivity contribution in [3.8, 4) is 0 Å². The lowest BCUT2D eigenvalue weighted by Gasteiger charge is -2.17. The van der Waals surface area contributed by atoms with Gasteiger partial charge in [-0.05, 0) is 27.7 Å². The first kappa shape index (κ1) is 14.2. The molecule has 1 rings (SSSR count). The van der Waals surface area contributed by atoms with Gasteiger partial charge in [0.05, 0.1) is 5.41 Å². The summed E-state index contributed by atoms with van der Waals surface area (Å²) in [7, 11) is 0. The number of rotatable bonds is 3. The van der Waals surface area contributed by atoms with E-state index >= 15 is 0 Å². The van der Waals surface area contributed by atoms with Crippen LogP contribution in [0.3, 0.4) is 0 Å². The molecule has 0 aliphatic heterocycles. The minimum atomic E-state index is -0.665. The molecular formula is C12H18N2O4. The molecular weight excluding hydrogens is 236 g/mol. The Balaban J connectivity index is 2.96. The normalized spacial score (nSPS) is 11.3. The zero-order valence-corrected chi connectivity index (χ0v) is 11.1. The number of hydrogen-bond donors (Lipinski definition) is 0. The van der Waals surface area contributed by atoms with Crippen LogP contribution in [0.15, 0.2) is 21.9 Å². The van der Waals surface area contributed by atoms with Gasteiger partial charge >= 0.3 is 11.7 Å². The van der Waals surface area contributed by atoms with Crippen LogP contribution in [0.1, 0.15) is 27.7 Å². The topological polar surface area (TPSA) is 70.3 Å². The van der Waals surface area contributed by atoms with Crippen LogP contribution in [0.4, 0.5) is 0 Å². The van der Waals surface area contributed by atoms with Gasteiger partial charge in [-0.3, -0.25) is 9.59 Å². The second-order valence-electron chi connectivity index (χ2n) is 4.96. The van der Waals surface area contributed by atoms with E-state index in [0.717, 1.165) is 4.57 Å². The summed E-state index contributed by atoms with van der Waals surface area (Å²) < 4.78 is 7.23. The molecule has 0 saturated heterocycles. The number of ether oxygens (including phenoxy) is 1. The second kappa shape index (κ2) is 5.20. The highest BCUT2D eigenvalue weighted by molar-refractivity contribution is 5.75. The van der Waals surface area contributed by atoms with Gasteiger partial charge in [-0.1, -0.05) is 0 Å². The summed E-state index contributed by atoms with van der Waals surface area (Å²) in [5, 5.41) is 0. The van der Waals surface area contributed by atoms with Crippen molar-refractivity contribution in [2.75, 3.05) is 0 Å². The predicted octanol–water partition coefficient (Wildman–Crippen LogP) is 0.577. The van der Waals surface area contributed by atoms with Gasteiger partial charge in [-0.2, -0.15) is 0 Å². The molecule has 0 aromatic carbocycles. The molecule has 6 nitrogen and oxygen atoms in total. The molecule has 0 atom stereocenters. The Hall–Kier alpha value is -1.85. The van der Waals surface area contributed by atoms with Crippen LogP contribution in [0, 0.1) is 5.41 Å². The molecule has 100 valence electrons. The highest BCUT2D eigenvalue weighted by Gasteiger charge is 2.23. The second-order valence-corrected chi connectivity index (χ2v) is 4.96. The Kier molecular flexibility index (Phi) is 4.11. The highest BCUT2D eigenvalue weighted by atomic mass is 16.5. The zero-order valence-electron chi connectivity index (χ0n) is 11.1. The Morgan fingerprint density at radius 3 is 2.44 bits per heavy atom. The van der Waals surface area contributed by atoms with Crippen molar-refractivity contribution < 1.29 is 9.53 Å². The first-order chi connectivity index (χ1) is 8.27. The summed E-state index contributed by atoms with van der Waals surface area (Å²) in [5.74, 6) is -0.458. The van der Waals surface area contributed by atoms with Crippen molar-refractivity contribution >= 4 is 5.97 Å². The van der Waals surface area contributed by atoms with Gasteiger partial charge < -0.3 is 9.30 Å². The van der Waals surface area contributed by atoms with E-state index in [2.05, 4.69) is 0 Å². The van der Waals surface area contributed by atoms with E-state index in [1.807, 2.05) is 0 Å². The Morgan fingerprint density at radius 1 is 1.33 bits per heavy atom. The third-order valence-electron chi connectivity index (χ3n) is 2.42. The summed E-state index contributed by atoms with van der Waals surface area (Å²) in [6.07, 6.45) is 1.42. The van der Waals surface area contributed by atoms with Crippen LogP contribution in [0.2, 0.25) is 0 Å². The van der Waals surface area contributed by atoms with Gasteiger partial charge in [0.1, 0.15) is 0 Å².